The molecule has 19 heavy (non-hydrogen) atoms. The van der Waals surface area contributed by atoms with Gasteiger partial charge in [-0.15, -0.1) is 0 Å². The van der Waals surface area contributed by atoms with Crippen molar-refractivity contribution in [3.63, 3.8) is 0 Å². The fourth-order valence-corrected chi connectivity index (χ4v) is 1.82. The Balaban J connectivity index is 2.11. The summed E-state index contributed by atoms with van der Waals surface area (Å²) in [5, 5.41) is 0. The van der Waals surface area contributed by atoms with E-state index in [-0.39, 0.29) is 5.69 Å². The second-order valence-electron chi connectivity index (χ2n) is 4.09. The van der Waals surface area contributed by atoms with Gasteiger partial charge in [-0.1, -0.05) is 0 Å². The van der Waals surface area contributed by atoms with Crippen molar-refractivity contribution in [1.82, 2.24) is 4.98 Å². The molecular weight excluding hydrogens is 247 g/mol. The molecule has 0 saturated carbocycles. The Kier molecular flexibility index (Phi) is 2.59. The normalized spacial score (nSPS) is 10.8. The molecule has 3 aromatic rings. The maximum atomic E-state index is 13.4. The van der Waals surface area contributed by atoms with Gasteiger partial charge in [0, 0.05) is 11.6 Å². The highest BCUT2D eigenvalue weighted by atomic mass is 19.1. The maximum Gasteiger partial charge on any atom is 0.227 e. The number of halogens is 1. The summed E-state index contributed by atoms with van der Waals surface area (Å²) in [5.41, 5.74) is 7.36. The van der Waals surface area contributed by atoms with E-state index in [1.165, 1.54) is 12.1 Å². The third-order valence-corrected chi connectivity index (χ3v) is 2.84. The van der Waals surface area contributed by atoms with E-state index in [4.69, 9.17) is 14.9 Å². The van der Waals surface area contributed by atoms with Crippen LogP contribution in [0.5, 0.6) is 5.75 Å². The number of aromatic nitrogens is 1. The number of nitrogens with zero attached hydrogens (tertiary/aromatic N) is 1. The molecule has 0 amide bonds. The van der Waals surface area contributed by atoms with Crippen LogP contribution in [-0.2, 0) is 0 Å². The molecule has 1 heterocycles. The minimum atomic E-state index is -0.489. The average molecular weight is 258 g/mol. The number of hydrogen-bond acceptors (Lipinski definition) is 4. The molecule has 0 atom stereocenters. The highest BCUT2D eigenvalue weighted by Crippen LogP contribution is 2.28. The van der Waals surface area contributed by atoms with Crippen LogP contribution in [0.4, 0.5) is 10.1 Å². The fourth-order valence-electron chi connectivity index (χ4n) is 1.82. The van der Waals surface area contributed by atoms with E-state index in [2.05, 4.69) is 4.98 Å². The van der Waals surface area contributed by atoms with E-state index in [0.717, 1.165) is 0 Å². The quantitative estimate of drug-likeness (QED) is 0.717. The number of methoxy groups -OCH3 is 1. The molecular formula is C14H11FN2O2. The summed E-state index contributed by atoms with van der Waals surface area (Å²) < 4.78 is 24.1. The van der Waals surface area contributed by atoms with E-state index < -0.39 is 5.82 Å². The van der Waals surface area contributed by atoms with Crippen LogP contribution in [0.1, 0.15) is 0 Å². The summed E-state index contributed by atoms with van der Waals surface area (Å²) in [6, 6.07) is 9.76. The third-order valence-electron chi connectivity index (χ3n) is 2.84. The van der Waals surface area contributed by atoms with Crippen LogP contribution in [0, 0.1) is 5.82 Å². The Morgan fingerprint density at radius 1 is 1.21 bits per heavy atom. The molecule has 3 rings (SSSR count). The summed E-state index contributed by atoms with van der Waals surface area (Å²) in [6.45, 7) is 0. The number of fused-ring (bicyclic) bond motifs is 1. The van der Waals surface area contributed by atoms with Crippen molar-refractivity contribution in [1.29, 1.82) is 0 Å². The van der Waals surface area contributed by atoms with Crippen LogP contribution in [0.2, 0.25) is 0 Å². The standard InChI is InChI=1S/C14H11FN2O2/c1-18-9-3-5-13-12(7-9)17-14(19-13)8-2-4-11(16)10(15)6-8/h2-7H,16H2,1H3. The SMILES string of the molecule is COc1ccc2oc(-c3ccc(N)c(F)c3)nc2c1. The van der Waals surface area contributed by atoms with Gasteiger partial charge >= 0.3 is 0 Å². The van der Waals surface area contributed by atoms with Gasteiger partial charge in [-0.2, -0.15) is 0 Å². The molecule has 0 spiro atoms. The second-order valence-corrected chi connectivity index (χ2v) is 4.09. The lowest BCUT2D eigenvalue weighted by Gasteiger charge is -1.98. The minimum Gasteiger partial charge on any atom is -0.497 e. The van der Waals surface area contributed by atoms with Gasteiger partial charge in [-0.05, 0) is 30.3 Å². The molecule has 2 N–H and O–H groups in total. The van der Waals surface area contributed by atoms with Crippen LogP contribution >= 0.6 is 0 Å². The number of rotatable bonds is 2. The van der Waals surface area contributed by atoms with Gasteiger partial charge in [0.1, 0.15) is 17.1 Å². The first-order chi connectivity index (χ1) is 9.17. The molecule has 0 bridgehead atoms. The van der Waals surface area contributed by atoms with Crippen LogP contribution in [0.25, 0.3) is 22.6 Å². The van der Waals surface area contributed by atoms with E-state index in [9.17, 15) is 4.39 Å². The number of benzene rings is 2. The number of anilines is 1. The van der Waals surface area contributed by atoms with Crippen molar-refractivity contribution in [3.8, 4) is 17.2 Å². The lowest BCUT2D eigenvalue weighted by Crippen LogP contribution is -1.90. The monoisotopic (exact) mass is 258 g/mol. The highest BCUT2D eigenvalue weighted by molar-refractivity contribution is 5.77. The molecule has 0 saturated heterocycles. The number of hydrogen-bond donors (Lipinski definition) is 1. The zero-order valence-corrected chi connectivity index (χ0v) is 10.2. The summed E-state index contributed by atoms with van der Waals surface area (Å²) in [6.07, 6.45) is 0. The van der Waals surface area contributed by atoms with Gasteiger partial charge in [0.2, 0.25) is 5.89 Å². The van der Waals surface area contributed by atoms with Gasteiger partial charge in [0.15, 0.2) is 5.58 Å². The van der Waals surface area contributed by atoms with Crippen molar-refractivity contribution in [3.05, 3.63) is 42.2 Å². The molecule has 5 heteroatoms. The molecule has 0 aliphatic heterocycles. The Hall–Kier alpha value is -2.56. The van der Waals surface area contributed by atoms with Gasteiger partial charge in [-0.3, -0.25) is 0 Å². The van der Waals surface area contributed by atoms with Crippen LogP contribution in [-0.4, -0.2) is 12.1 Å². The van der Waals surface area contributed by atoms with E-state index in [0.29, 0.717) is 28.3 Å². The molecule has 0 fully saturated rings. The predicted octanol–water partition coefficient (Wildman–Crippen LogP) is 3.22. The topological polar surface area (TPSA) is 61.3 Å². The van der Waals surface area contributed by atoms with Gasteiger partial charge < -0.3 is 14.9 Å². The zero-order valence-electron chi connectivity index (χ0n) is 10.2. The first-order valence-electron chi connectivity index (χ1n) is 5.67. The smallest absolute Gasteiger partial charge is 0.227 e. The van der Waals surface area contributed by atoms with Crippen molar-refractivity contribution < 1.29 is 13.5 Å². The molecule has 1 aromatic heterocycles. The van der Waals surface area contributed by atoms with E-state index >= 15 is 0 Å². The van der Waals surface area contributed by atoms with Crippen molar-refractivity contribution >= 4 is 16.8 Å². The molecule has 4 nitrogen and oxygen atoms in total. The van der Waals surface area contributed by atoms with Crippen LogP contribution in [0.3, 0.4) is 0 Å². The third kappa shape index (κ3) is 1.99. The van der Waals surface area contributed by atoms with E-state index in [1.54, 1.807) is 31.4 Å². The Morgan fingerprint density at radius 2 is 2.05 bits per heavy atom. The summed E-state index contributed by atoms with van der Waals surface area (Å²) in [4.78, 5) is 4.31. The highest BCUT2D eigenvalue weighted by Gasteiger charge is 2.10. The summed E-state index contributed by atoms with van der Waals surface area (Å²) in [7, 11) is 1.58. The number of nitrogens with two attached hydrogens (primary N) is 1. The predicted molar refractivity (Wildman–Crippen MR) is 70.4 cm³/mol. The maximum absolute atomic E-state index is 13.4. The molecule has 0 unspecified atom stereocenters. The lowest BCUT2D eigenvalue weighted by atomic mass is 10.2. The summed E-state index contributed by atoms with van der Waals surface area (Å²) >= 11 is 0. The van der Waals surface area contributed by atoms with Gasteiger partial charge in [-0.25, -0.2) is 9.37 Å². The number of oxazole rings is 1. The van der Waals surface area contributed by atoms with Crippen molar-refractivity contribution in [2.45, 2.75) is 0 Å². The molecule has 0 aliphatic rings. The Bertz CT molecular complexity index is 752. The average Bonchev–Trinajstić information content (AvgIpc) is 2.84. The number of nitrogen functional groups attached to an aromatic ring is 1. The molecule has 96 valence electrons. The Morgan fingerprint density at radius 3 is 2.79 bits per heavy atom. The molecule has 2 aromatic carbocycles. The lowest BCUT2D eigenvalue weighted by molar-refractivity contribution is 0.415. The summed E-state index contributed by atoms with van der Waals surface area (Å²) in [5.74, 6) is 0.551. The largest absolute Gasteiger partial charge is 0.497 e. The van der Waals surface area contributed by atoms with Crippen LogP contribution < -0.4 is 10.5 Å². The molecule has 0 radical (unpaired) electrons. The van der Waals surface area contributed by atoms with Gasteiger partial charge in [0.25, 0.3) is 0 Å². The molecule has 0 aliphatic carbocycles. The van der Waals surface area contributed by atoms with Gasteiger partial charge in [0.05, 0.1) is 12.8 Å². The Labute approximate surface area is 108 Å². The first kappa shape index (κ1) is 11.5. The number of ether oxygens (including phenoxy) is 1. The zero-order chi connectivity index (χ0) is 13.4. The van der Waals surface area contributed by atoms with E-state index in [1.807, 2.05) is 0 Å². The fraction of sp³-hybridized carbons (Fsp3) is 0.0714. The van der Waals surface area contributed by atoms with Crippen molar-refractivity contribution in [2.24, 2.45) is 0 Å². The minimum absolute atomic E-state index is 0.0986. The van der Waals surface area contributed by atoms with Crippen molar-refractivity contribution in [2.75, 3.05) is 12.8 Å². The second kappa shape index (κ2) is 4.28. The first-order valence-corrected chi connectivity index (χ1v) is 5.67. The van der Waals surface area contributed by atoms with Crippen LogP contribution in [0.15, 0.2) is 40.8 Å².